The highest BCUT2D eigenvalue weighted by atomic mass is 79.9. The fourth-order valence-electron chi connectivity index (χ4n) is 2.26. The van der Waals surface area contributed by atoms with Gasteiger partial charge in [-0.3, -0.25) is 9.59 Å². The largest absolute Gasteiger partial charge is 0.493 e. The van der Waals surface area contributed by atoms with Crippen molar-refractivity contribution in [1.29, 1.82) is 0 Å². The van der Waals surface area contributed by atoms with E-state index in [9.17, 15) is 9.59 Å². The van der Waals surface area contributed by atoms with Crippen molar-refractivity contribution in [2.45, 2.75) is 13.3 Å². The maximum atomic E-state index is 12.0. The monoisotopic (exact) mass is 501 g/mol. The molecular formula is C19H18BrCl2N3O4. The highest BCUT2D eigenvalue weighted by molar-refractivity contribution is 9.10. The molecule has 2 aromatic carbocycles. The van der Waals surface area contributed by atoms with Crippen LogP contribution >= 0.6 is 39.1 Å². The number of amides is 2. The van der Waals surface area contributed by atoms with E-state index in [2.05, 4.69) is 31.8 Å². The van der Waals surface area contributed by atoms with Gasteiger partial charge in [-0.1, -0.05) is 29.3 Å². The third-order valence-electron chi connectivity index (χ3n) is 3.49. The van der Waals surface area contributed by atoms with Gasteiger partial charge in [0.25, 0.3) is 0 Å². The first-order chi connectivity index (χ1) is 13.8. The molecule has 0 unspecified atom stereocenters. The summed E-state index contributed by atoms with van der Waals surface area (Å²) in [6.07, 6.45) is 0.989. The summed E-state index contributed by atoms with van der Waals surface area (Å²) in [5.41, 5.74) is 3.28. The number of carbonyl (C=O) groups excluding carboxylic acids is 2. The molecule has 29 heavy (non-hydrogen) atoms. The maximum absolute atomic E-state index is 12.0. The Kier molecular flexibility index (Phi) is 8.75. The van der Waals surface area contributed by atoms with Crippen LogP contribution in [0.4, 0.5) is 5.69 Å². The van der Waals surface area contributed by atoms with Crippen LogP contribution in [0.25, 0.3) is 0 Å². The number of nitrogens with zero attached hydrogens (tertiary/aromatic N) is 1. The molecule has 2 amide bonds. The van der Waals surface area contributed by atoms with E-state index in [1.807, 2.05) is 6.92 Å². The lowest BCUT2D eigenvalue weighted by atomic mass is 10.2. The molecule has 0 aliphatic heterocycles. The van der Waals surface area contributed by atoms with E-state index < -0.39 is 18.2 Å². The maximum Gasteiger partial charge on any atom is 0.249 e. The molecule has 2 rings (SSSR count). The van der Waals surface area contributed by atoms with Gasteiger partial charge in [-0.2, -0.15) is 5.10 Å². The summed E-state index contributed by atoms with van der Waals surface area (Å²) in [5, 5.41) is 6.89. The summed E-state index contributed by atoms with van der Waals surface area (Å²) in [6.45, 7) is 2.36. The van der Waals surface area contributed by atoms with Gasteiger partial charge >= 0.3 is 0 Å². The average molecular weight is 503 g/mol. The first-order valence-electron chi connectivity index (χ1n) is 8.41. The van der Waals surface area contributed by atoms with Crippen molar-refractivity contribution in [3.63, 3.8) is 0 Å². The molecule has 0 aliphatic rings. The zero-order valence-electron chi connectivity index (χ0n) is 15.6. The van der Waals surface area contributed by atoms with Crippen LogP contribution in [0, 0.1) is 0 Å². The van der Waals surface area contributed by atoms with Crippen molar-refractivity contribution >= 4 is 62.8 Å². The van der Waals surface area contributed by atoms with Gasteiger partial charge in [-0.15, -0.1) is 0 Å². The van der Waals surface area contributed by atoms with Gasteiger partial charge in [0.1, 0.15) is 6.42 Å². The average Bonchev–Trinajstić information content (AvgIpc) is 2.67. The summed E-state index contributed by atoms with van der Waals surface area (Å²) in [7, 11) is 1.53. The minimum absolute atomic E-state index is 0.205. The molecule has 0 spiro atoms. The van der Waals surface area contributed by atoms with Gasteiger partial charge in [0.2, 0.25) is 11.8 Å². The molecule has 2 aromatic rings. The molecule has 10 heteroatoms. The van der Waals surface area contributed by atoms with Crippen molar-refractivity contribution < 1.29 is 19.1 Å². The number of hydrogen-bond acceptors (Lipinski definition) is 5. The normalized spacial score (nSPS) is 10.7. The summed E-state index contributed by atoms with van der Waals surface area (Å²) in [6, 6.07) is 8.28. The Morgan fingerprint density at radius 3 is 2.69 bits per heavy atom. The number of nitrogens with one attached hydrogen (secondary N) is 2. The number of halogens is 3. The molecule has 7 nitrogen and oxygen atoms in total. The molecule has 0 aromatic heterocycles. The Morgan fingerprint density at radius 1 is 1.24 bits per heavy atom. The van der Waals surface area contributed by atoms with E-state index in [4.69, 9.17) is 32.7 Å². The second kappa shape index (κ2) is 11.0. The fraction of sp³-hybridized carbons (Fsp3) is 0.211. The number of methoxy groups -OCH3 is 1. The fourth-order valence-corrected chi connectivity index (χ4v) is 3.18. The Bertz CT molecular complexity index is 938. The number of rotatable bonds is 8. The topological polar surface area (TPSA) is 89.0 Å². The molecule has 0 aliphatic carbocycles. The molecule has 0 heterocycles. The van der Waals surface area contributed by atoms with Crippen LogP contribution in [0.2, 0.25) is 10.0 Å². The molecule has 0 atom stereocenters. The van der Waals surface area contributed by atoms with Crippen molar-refractivity contribution in [1.82, 2.24) is 5.43 Å². The number of carbonyl (C=O) groups is 2. The third-order valence-corrected chi connectivity index (χ3v) is 4.90. The highest BCUT2D eigenvalue weighted by Gasteiger charge is 2.13. The zero-order chi connectivity index (χ0) is 21.4. The molecule has 0 fully saturated rings. The molecule has 0 saturated carbocycles. The van der Waals surface area contributed by atoms with Crippen LogP contribution in [-0.4, -0.2) is 31.7 Å². The van der Waals surface area contributed by atoms with Crippen LogP contribution in [0.5, 0.6) is 11.5 Å². The summed E-state index contributed by atoms with van der Waals surface area (Å²) in [5.74, 6) is -0.0412. The third kappa shape index (κ3) is 6.62. The van der Waals surface area contributed by atoms with E-state index >= 15 is 0 Å². The van der Waals surface area contributed by atoms with E-state index in [0.29, 0.717) is 38.9 Å². The van der Waals surface area contributed by atoms with Gasteiger partial charge in [-0.25, -0.2) is 5.43 Å². The summed E-state index contributed by atoms with van der Waals surface area (Å²) < 4.78 is 11.5. The first-order valence-corrected chi connectivity index (χ1v) is 9.96. The first kappa shape index (κ1) is 23.0. The Labute approximate surface area is 186 Å². The van der Waals surface area contributed by atoms with Crippen molar-refractivity contribution in [2.24, 2.45) is 5.10 Å². The van der Waals surface area contributed by atoms with E-state index in [-0.39, 0.29) is 5.02 Å². The molecule has 0 bridgehead atoms. The van der Waals surface area contributed by atoms with Gasteiger partial charge in [-0.05, 0) is 52.7 Å². The van der Waals surface area contributed by atoms with E-state index in [1.165, 1.54) is 13.3 Å². The molecule has 2 N–H and O–H groups in total. The number of ether oxygens (including phenoxy) is 2. The number of benzene rings is 2. The van der Waals surface area contributed by atoms with Gasteiger partial charge < -0.3 is 14.8 Å². The van der Waals surface area contributed by atoms with Gasteiger partial charge in [0.05, 0.1) is 40.1 Å². The lowest BCUT2D eigenvalue weighted by Gasteiger charge is -2.12. The minimum Gasteiger partial charge on any atom is -0.493 e. The van der Waals surface area contributed by atoms with Crippen LogP contribution in [0.3, 0.4) is 0 Å². The Hall–Kier alpha value is -2.29. The molecular weight excluding hydrogens is 485 g/mol. The molecule has 0 saturated heterocycles. The molecule has 154 valence electrons. The van der Waals surface area contributed by atoms with Gasteiger partial charge in [0, 0.05) is 0 Å². The van der Waals surface area contributed by atoms with Crippen molar-refractivity contribution in [2.75, 3.05) is 19.0 Å². The smallest absolute Gasteiger partial charge is 0.249 e. The lowest BCUT2D eigenvalue weighted by molar-refractivity contribution is -0.126. The standard InChI is InChI=1S/C19H18BrCl2N3O4/c1-3-29-19-12(20)7-11(8-15(19)28-2)10-23-25-17(27)9-16(26)24-14-6-4-5-13(21)18(14)22/h4-8,10H,3,9H2,1-2H3,(H,24,26)(H,25,27). The SMILES string of the molecule is CCOc1c(Br)cc(C=NNC(=O)CC(=O)Nc2cccc(Cl)c2Cl)cc1OC. The summed E-state index contributed by atoms with van der Waals surface area (Å²) >= 11 is 15.3. The zero-order valence-corrected chi connectivity index (χ0v) is 18.7. The van der Waals surface area contributed by atoms with Gasteiger partial charge in [0.15, 0.2) is 11.5 Å². The van der Waals surface area contributed by atoms with Crippen LogP contribution in [0.15, 0.2) is 39.9 Å². The summed E-state index contributed by atoms with van der Waals surface area (Å²) in [4.78, 5) is 23.9. The van der Waals surface area contributed by atoms with Crippen LogP contribution < -0.4 is 20.2 Å². The van der Waals surface area contributed by atoms with Crippen molar-refractivity contribution in [3.05, 3.63) is 50.4 Å². The quantitative estimate of drug-likeness (QED) is 0.312. The minimum atomic E-state index is -0.589. The second-order valence-corrected chi connectivity index (χ2v) is 7.23. The molecule has 0 radical (unpaired) electrons. The van der Waals surface area contributed by atoms with E-state index in [0.717, 1.165) is 0 Å². The predicted octanol–water partition coefficient (Wildman–Crippen LogP) is 4.64. The Balaban J connectivity index is 1.94. The second-order valence-electron chi connectivity index (χ2n) is 5.59. The Morgan fingerprint density at radius 2 is 2.00 bits per heavy atom. The lowest BCUT2D eigenvalue weighted by Crippen LogP contribution is -2.24. The van der Waals surface area contributed by atoms with Crippen LogP contribution in [0.1, 0.15) is 18.9 Å². The number of hydrazone groups is 1. The number of anilines is 1. The van der Waals surface area contributed by atoms with E-state index in [1.54, 1.807) is 30.3 Å². The predicted molar refractivity (Wildman–Crippen MR) is 117 cm³/mol. The van der Waals surface area contributed by atoms with Crippen molar-refractivity contribution in [3.8, 4) is 11.5 Å². The highest BCUT2D eigenvalue weighted by Crippen LogP contribution is 2.36. The number of hydrogen-bond donors (Lipinski definition) is 2. The van der Waals surface area contributed by atoms with Crippen LogP contribution in [-0.2, 0) is 9.59 Å².